The fourth-order valence-corrected chi connectivity index (χ4v) is 2.56. The normalized spacial score (nSPS) is 24.1. The molecule has 2 aromatic heterocycles. The Morgan fingerprint density at radius 3 is 2.95 bits per heavy atom. The number of aromatic nitrogens is 4. The van der Waals surface area contributed by atoms with Crippen LogP contribution in [0.25, 0.3) is 11.5 Å². The second-order valence-electron chi connectivity index (χ2n) is 4.96. The van der Waals surface area contributed by atoms with Crippen molar-refractivity contribution >= 4 is 0 Å². The van der Waals surface area contributed by atoms with Gasteiger partial charge >= 0.3 is 0 Å². The van der Waals surface area contributed by atoms with Crippen LogP contribution in [-0.2, 0) is 0 Å². The predicted molar refractivity (Wildman–Crippen MR) is 69.1 cm³/mol. The van der Waals surface area contributed by atoms with Crippen LogP contribution >= 0.6 is 0 Å². The van der Waals surface area contributed by atoms with E-state index in [2.05, 4.69) is 20.1 Å². The molecule has 2 N–H and O–H groups in total. The lowest BCUT2D eigenvalue weighted by atomic mass is 9.95. The van der Waals surface area contributed by atoms with Crippen LogP contribution in [0.4, 0.5) is 0 Å². The SMILES string of the molecule is NC1CCCCCC1c1nc(-c2ccncn2)no1. The highest BCUT2D eigenvalue weighted by Crippen LogP contribution is 2.30. The Bertz CT molecular complexity index is 527. The number of nitrogens with two attached hydrogens (primary N) is 1. The van der Waals surface area contributed by atoms with Crippen molar-refractivity contribution in [1.82, 2.24) is 20.1 Å². The molecular formula is C13H17N5O. The fourth-order valence-electron chi connectivity index (χ4n) is 2.56. The van der Waals surface area contributed by atoms with E-state index < -0.39 is 0 Å². The molecule has 1 saturated carbocycles. The smallest absolute Gasteiger partial charge is 0.231 e. The highest BCUT2D eigenvalue weighted by molar-refractivity contribution is 5.46. The van der Waals surface area contributed by atoms with Crippen LogP contribution in [0.5, 0.6) is 0 Å². The first-order valence-electron chi connectivity index (χ1n) is 6.70. The van der Waals surface area contributed by atoms with E-state index in [1.54, 1.807) is 12.3 Å². The number of nitrogens with zero attached hydrogens (tertiary/aromatic N) is 4. The molecule has 0 radical (unpaired) electrons. The molecule has 2 atom stereocenters. The lowest BCUT2D eigenvalue weighted by molar-refractivity contribution is 0.326. The van der Waals surface area contributed by atoms with Gasteiger partial charge in [-0.3, -0.25) is 0 Å². The van der Waals surface area contributed by atoms with Gasteiger partial charge < -0.3 is 10.3 Å². The van der Waals surface area contributed by atoms with Gasteiger partial charge in [-0.15, -0.1) is 0 Å². The summed E-state index contributed by atoms with van der Waals surface area (Å²) in [6, 6.07) is 1.88. The largest absolute Gasteiger partial charge is 0.339 e. The third kappa shape index (κ3) is 2.63. The molecule has 0 aliphatic heterocycles. The lowest BCUT2D eigenvalue weighted by Crippen LogP contribution is -2.27. The number of hydrogen-bond acceptors (Lipinski definition) is 6. The van der Waals surface area contributed by atoms with Gasteiger partial charge in [-0.2, -0.15) is 4.98 Å². The van der Waals surface area contributed by atoms with E-state index in [1.165, 1.54) is 25.6 Å². The predicted octanol–water partition coefficient (Wildman–Crippen LogP) is 1.90. The van der Waals surface area contributed by atoms with E-state index in [0.717, 1.165) is 12.8 Å². The van der Waals surface area contributed by atoms with E-state index in [-0.39, 0.29) is 12.0 Å². The maximum absolute atomic E-state index is 6.21. The summed E-state index contributed by atoms with van der Waals surface area (Å²) < 4.78 is 5.38. The Kier molecular flexibility index (Phi) is 3.50. The molecule has 19 heavy (non-hydrogen) atoms. The maximum atomic E-state index is 6.21. The van der Waals surface area contributed by atoms with Gasteiger partial charge in [0.25, 0.3) is 0 Å². The Hall–Kier alpha value is -1.82. The summed E-state index contributed by atoms with van der Waals surface area (Å²) in [7, 11) is 0. The molecule has 3 rings (SSSR count). The molecular weight excluding hydrogens is 242 g/mol. The second-order valence-corrected chi connectivity index (χ2v) is 4.96. The van der Waals surface area contributed by atoms with Crippen LogP contribution in [0.1, 0.15) is 43.9 Å². The summed E-state index contributed by atoms with van der Waals surface area (Å²) in [6.45, 7) is 0. The highest BCUT2D eigenvalue weighted by Gasteiger charge is 2.27. The monoisotopic (exact) mass is 259 g/mol. The average molecular weight is 259 g/mol. The zero-order valence-electron chi connectivity index (χ0n) is 10.7. The van der Waals surface area contributed by atoms with Crippen LogP contribution in [0, 0.1) is 0 Å². The van der Waals surface area contributed by atoms with Gasteiger partial charge in [0.15, 0.2) is 0 Å². The summed E-state index contributed by atoms with van der Waals surface area (Å²) in [5, 5.41) is 3.99. The molecule has 0 saturated heterocycles. The zero-order chi connectivity index (χ0) is 13.1. The molecule has 1 aliphatic carbocycles. The Balaban J connectivity index is 1.84. The van der Waals surface area contributed by atoms with Crippen LogP contribution in [0.15, 0.2) is 23.1 Å². The molecule has 1 aliphatic rings. The molecule has 0 bridgehead atoms. The van der Waals surface area contributed by atoms with E-state index in [9.17, 15) is 0 Å². The van der Waals surface area contributed by atoms with Crippen molar-refractivity contribution in [2.75, 3.05) is 0 Å². The van der Waals surface area contributed by atoms with E-state index >= 15 is 0 Å². The molecule has 6 heteroatoms. The molecule has 1 fully saturated rings. The first-order chi connectivity index (χ1) is 9.34. The molecule has 2 unspecified atom stereocenters. The summed E-state index contributed by atoms with van der Waals surface area (Å²) in [5.74, 6) is 1.32. The Morgan fingerprint density at radius 2 is 2.11 bits per heavy atom. The summed E-state index contributed by atoms with van der Waals surface area (Å²) in [4.78, 5) is 12.4. The Labute approximate surface area is 111 Å². The van der Waals surface area contributed by atoms with Crippen molar-refractivity contribution in [3.05, 3.63) is 24.5 Å². The molecule has 0 aromatic carbocycles. The molecule has 0 amide bonds. The summed E-state index contributed by atoms with van der Waals surface area (Å²) >= 11 is 0. The van der Waals surface area contributed by atoms with Crippen LogP contribution in [0.3, 0.4) is 0 Å². The van der Waals surface area contributed by atoms with Crippen molar-refractivity contribution in [1.29, 1.82) is 0 Å². The quantitative estimate of drug-likeness (QED) is 0.828. The number of rotatable bonds is 2. The van der Waals surface area contributed by atoms with E-state index in [4.69, 9.17) is 10.3 Å². The minimum absolute atomic E-state index is 0.112. The highest BCUT2D eigenvalue weighted by atomic mass is 16.5. The minimum Gasteiger partial charge on any atom is -0.339 e. The van der Waals surface area contributed by atoms with Gasteiger partial charge in [0, 0.05) is 12.2 Å². The fraction of sp³-hybridized carbons (Fsp3) is 0.538. The maximum Gasteiger partial charge on any atom is 0.231 e. The van der Waals surface area contributed by atoms with Gasteiger partial charge in [-0.25, -0.2) is 9.97 Å². The minimum atomic E-state index is 0.112. The second kappa shape index (κ2) is 5.44. The van der Waals surface area contributed by atoms with E-state index in [0.29, 0.717) is 17.4 Å². The molecule has 6 nitrogen and oxygen atoms in total. The van der Waals surface area contributed by atoms with Gasteiger partial charge in [0.05, 0.1) is 5.92 Å². The van der Waals surface area contributed by atoms with Gasteiger partial charge in [0.2, 0.25) is 11.7 Å². The topological polar surface area (TPSA) is 90.7 Å². The Morgan fingerprint density at radius 1 is 1.21 bits per heavy atom. The molecule has 0 spiro atoms. The molecule has 2 aromatic rings. The zero-order valence-corrected chi connectivity index (χ0v) is 10.7. The molecule has 2 heterocycles. The third-order valence-electron chi connectivity index (χ3n) is 3.64. The average Bonchev–Trinajstić information content (AvgIpc) is 2.83. The summed E-state index contributed by atoms with van der Waals surface area (Å²) in [6.07, 6.45) is 8.77. The van der Waals surface area contributed by atoms with Crippen molar-refractivity contribution in [2.24, 2.45) is 5.73 Å². The van der Waals surface area contributed by atoms with Crippen LogP contribution < -0.4 is 5.73 Å². The van der Waals surface area contributed by atoms with Crippen molar-refractivity contribution < 1.29 is 4.52 Å². The van der Waals surface area contributed by atoms with E-state index in [1.807, 2.05) is 0 Å². The van der Waals surface area contributed by atoms with Gasteiger partial charge in [-0.1, -0.05) is 24.4 Å². The molecule has 100 valence electrons. The van der Waals surface area contributed by atoms with Gasteiger partial charge in [-0.05, 0) is 18.9 Å². The summed E-state index contributed by atoms with van der Waals surface area (Å²) in [5.41, 5.74) is 6.88. The van der Waals surface area contributed by atoms with Crippen molar-refractivity contribution in [3.8, 4) is 11.5 Å². The van der Waals surface area contributed by atoms with Gasteiger partial charge in [0.1, 0.15) is 12.0 Å². The van der Waals surface area contributed by atoms with Crippen molar-refractivity contribution in [2.45, 2.75) is 44.1 Å². The number of hydrogen-bond donors (Lipinski definition) is 1. The first kappa shape index (κ1) is 12.2. The lowest BCUT2D eigenvalue weighted by Gasteiger charge is -2.16. The van der Waals surface area contributed by atoms with Crippen LogP contribution in [0.2, 0.25) is 0 Å². The van der Waals surface area contributed by atoms with Crippen LogP contribution in [-0.4, -0.2) is 26.2 Å². The van der Waals surface area contributed by atoms with Crippen molar-refractivity contribution in [3.63, 3.8) is 0 Å². The first-order valence-corrected chi connectivity index (χ1v) is 6.70. The third-order valence-corrected chi connectivity index (χ3v) is 3.64. The standard InChI is InChI=1S/C13H17N5O/c14-10-5-3-1-2-4-9(10)13-17-12(18-19-13)11-6-7-15-8-16-11/h6-10H,1-5,14H2.